The minimum atomic E-state index is -0.221. The van der Waals surface area contributed by atoms with Crippen molar-refractivity contribution in [3.63, 3.8) is 0 Å². The molecule has 0 atom stereocenters. The molecule has 0 radical (unpaired) electrons. The fourth-order valence-corrected chi connectivity index (χ4v) is 2.21. The minimum absolute atomic E-state index is 0.117. The first-order valence-electron chi connectivity index (χ1n) is 6.99. The summed E-state index contributed by atoms with van der Waals surface area (Å²) in [6, 6.07) is 7.45. The zero-order valence-electron chi connectivity index (χ0n) is 12.7. The molecular weight excluding hydrogens is 280 g/mol. The standard InChI is InChI=1S/C16H16N4O2/c1-9-10(2)17-16(18-11(9)3)19-15(21)8-13-12-6-4-5-7-14(12)22-20-13/h4-7H,8H2,1-3H3,(H,17,18,19,21). The second kappa shape index (κ2) is 5.55. The van der Waals surface area contributed by atoms with Crippen LogP contribution >= 0.6 is 0 Å². The predicted octanol–water partition coefficient (Wildman–Crippen LogP) is 2.72. The van der Waals surface area contributed by atoms with E-state index in [0.29, 0.717) is 17.2 Å². The average Bonchev–Trinajstić information content (AvgIpc) is 2.88. The second-order valence-corrected chi connectivity index (χ2v) is 5.19. The van der Waals surface area contributed by atoms with Gasteiger partial charge in [-0.2, -0.15) is 0 Å². The van der Waals surface area contributed by atoms with Crippen LogP contribution in [0, 0.1) is 20.8 Å². The lowest BCUT2D eigenvalue weighted by atomic mass is 10.1. The largest absolute Gasteiger partial charge is 0.356 e. The van der Waals surface area contributed by atoms with E-state index in [2.05, 4.69) is 20.4 Å². The lowest BCUT2D eigenvalue weighted by Gasteiger charge is -2.07. The van der Waals surface area contributed by atoms with Crippen molar-refractivity contribution >= 4 is 22.8 Å². The molecule has 6 nitrogen and oxygen atoms in total. The summed E-state index contributed by atoms with van der Waals surface area (Å²) < 4.78 is 5.19. The number of nitrogens with zero attached hydrogens (tertiary/aromatic N) is 3. The van der Waals surface area contributed by atoms with Gasteiger partial charge in [-0.25, -0.2) is 9.97 Å². The molecule has 3 rings (SSSR count). The Morgan fingerprint density at radius 1 is 1.14 bits per heavy atom. The summed E-state index contributed by atoms with van der Waals surface area (Å²) in [5.41, 5.74) is 4.02. The van der Waals surface area contributed by atoms with Crippen LogP contribution in [0.2, 0.25) is 0 Å². The van der Waals surface area contributed by atoms with Gasteiger partial charge in [-0.05, 0) is 38.5 Å². The molecule has 0 fully saturated rings. The Morgan fingerprint density at radius 2 is 1.82 bits per heavy atom. The number of aryl methyl sites for hydroxylation is 2. The van der Waals surface area contributed by atoms with Gasteiger partial charge in [-0.3, -0.25) is 10.1 Å². The Morgan fingerprint density at radius 3 is 2.55 bits per heavy atom. The quantitative estimate of drug-likeness (QED) is 0.803. The van der Waals surface area contributed by atoms with Crippen LogP contribution in [0.4, 0.5) is 5.95 Å². The molecule has 3 aromatic rings. The predicted molar refractivity (Wildman–Crippen MR) is 82.6 cm³/mol. The van der Waals surface area contributed by atoms with Crippen LogP contribution in [-0.4, -0.2) is 21.0 Å². The summed E-state index contributed by atoms with van der Waals surface area (Å²) in [6.45, 7) is 5.74. The highest BCUT2D eigenvalue weighted by Crippen LogP contribution is 2.18. The van der Waals surface area contributed by atoms with Gasteiger partial charge in [0.1, 0.15) is 5.69 Å². The number of benzene rings is 1. The third-order valence-corrected chi connectivity index (χ3v) is 3.66. The SMILES string of the molecule is Cc1nc(NC(=O)Cc2noc3ccccc23)nc(C)c1C. The molecule has 2 aromatic heterocycles. The van der Waals surface area contributed by atoms with Crippen molar-refractivity contribution in [2.75, 3.05) is 5.32 Å². The van der Waals surface area contributed by atoms with Gasteiger partial charge in [-0.15, -0.1) is 0 Å². The number of hydrogen-bond acceptors (Lipinski definition) is 5. The van der Waals surface area contributed by atoms with Gasteiger partial charge in [0.25, 0.3) is 0 Å². The van der Waals surface area contributed by atoms with E-state index in [1.165, 1.54) is 0 Å². The molecule has 1 N–H and O–H groups in total. The first-order valence-corrected chi connectivity index (χ1v) is 6.99. The van der Waals surface area contributed by atoms with Crippen molar-refractivity contribution in [1.82, 2.24) is 15.1 Å². The molecule has 0 aliphatic carbocycles. The number of aromatic nitrogens is 3. The summed E-state index contributed by atoms with van der Waals surface area (Å²) >= 11 is 0. The van der Waals surface area contributed by atoms with E-state index >= 15 is 0 Å². The molecule has 1 amide bonds. The normalized spacial score (nSPS) is 10.9. The van der Waals surface area contributed by atoms with E-state index in [4.69, 9.17) is 4.52 Å². The fraction of sp³-hybridized carbons (Fsp3) is 0.250. The highest BCUT2D eigenvalue weighted by atomic mass is 16.5. The Labute approximate surface area is 127 Å². The molecule has 0 aliphatic rings. The van der Waals surface area contributed by atoms with Crippen molar-refractivity contribution in [3.05, 3.63) is 46.9 Å². The summed E-state index contributed by atoms with van der Waals surface area (Å²) in [5.74, 6) is 0.0973. The van der Waals surface area contributed by atoms with Crippen LogP contribution in [0.5, 0.6) is 0 Å². The van der Waals surface area contributed by atoms with Crippen LogP contribution < -0.4 is 5.32 Å². The zero-order chi connectivity index (χ0) is 15.7. The number of rotatable bonds is 3. The number of fused-ring (bicyclic) bond motifs is 1. The molecule has 0 saturated carbocycles. The molecule has 2 heterocycles. The summed E-state index contributed by atoms with van der Waals surface area (Å²) in [4.78, 5) is 20.7. The molecule has 0 aliphatic heterocycles. The number of carbonyl (C=O) groups is 1. The van der Waals surface area contributed by atoms with E-state index < -0.39 is 0 Å². The molecule has 6 heteroatoms. The van der Waals surface area contributed by atoms with Gasteiger partial charge in [-0.1, -0.05) is 17.3 Å². The maximum Gasteiger partial charge on any atom is 0.232 e. The number of hydrogen-bond donors (Lipinski definition) is 1. The van der Waals surface area contributed by atoms with Gasteiger partial charge in [0.15, 0.2) is 5.58 Å². The third-order valence-electron chi connectivity index (χ3n) is 3.66. The van der Waals surface area contributed by atoms with E-state index in [1.807, 2.05) is 45.0 Å². The molecule has 0 bridgehead atoms. The molecular formula is C16H16N4O2. The average molecular weight is 296 g/mol. The summed E-state index contributed by atoms with van der Waals surface area (Å²) in [5, 5.41) is 7.50. The maximum atomic E-state index is 12.2. The molecule has 0 saturated heterocycles. The smallest absolute Gasteiger partial charge is 0.232 e. The Balaban J connectivity index is 1.78. The minimum Gasteiger partial charge on any atom is -0.356 e. The van der Waals surface area contributed by atoms with Crippen LogP contribution in [0.15, 0.2) is 28.8 Å². The monoisotopic (exact) mass is 296 g/mol. The number of carbonyl (C=O) groups excluding carboxylic acids is 1. The Kier molecular flexibility index (Phi) is 3.58. The van der Waals surface area contributed by atoms with E-state index in [-0.39, 0.29) is 12.3 Å². The van der Waals surface area contributed by atoms with Crippen LogP contribution in [0.3, 0.4) is 0 Å². The van der Waals surface area contributed by atoms with E-state index in [9.17, 15) is 4.79 Å². The summed E-state index contributed by atoms with van der Waals surface area (Å²) in [7, 11) is 0. The second-order valence-electron chi connectivity index (χ2n) is 5.19. The van der Waals surface area contributed by atoms with Crippen LogP contribution in [0.1, 0.15) is 22.6 Å². The molecule has 112 valence electrons. The number of nitrogens with one attached hydrogen (secondary N) is 1. The van der Waals surface area contributed by atoms with Gasteiger partial charge >= 0.3 is 0 Å². The van der Waals surface area contributed by atoms with Crippen molar-refractivity contribution in [1.29, 1.82) is 0 Å². The van der Waals surface area contributed by atoms with Crippen molar-refractivity contribution < 1.29 is 9.32 Å². The Hall–Kier alpha value is -2.76. The molecule has 0 unspecified atom stereocenters. The number of amides is 1. The Bertz CT molecular complexity index is 831. The number of para-hydroxylation sites is 1. The van der Waals surface area contributed by atoms with Crippen molar-refractivity contribution in [2.24, 2.45) is 0 Å². The lowest BCUT2D eigenvalue weighted by molar-refractivity contribution is -0.115. The van der Waals surface area contributed by atoms with Gasteiger partial charge in [0.05, 0.1) is 6.42 Å². The number of anilines is 1. The van der Waals surface area contributed by atoms with Crippen LogP contribution in [-0.2, 0) is 11.2 Å². The molecule has 0 spiro atoms. The van der Waals surface area contributed by atoms with Crippen molar-refractivity contribution in [3.8, 4) is 0 Å². The van der Waals surface area contributed by atoms with Gasteiger partial charge in [0, 0.05) is 16.8 Å². The highest BCUT2D eigenvalue weighted by molar-refractivity contribution is 5.93. The highest BCUT2D eigenvalue weighted by Gasteiger charge is 2.14. The summed E-state index contributed by atoms with van der Waals surface area (Å²) in [6.07, 6.45) is 0.117. The van der Waals surface area contributed by atoms with E-state index in [1.54, 1.807) is 0 Å². The fourth-order valence-electron chi connectivity index (χ4n) is 2.21. The third kappa shape index (κ3) is 2.67. The van der Waals surface area contributed by atoms with E-state index in [0.717, 1.165) is 22.3 Å². The van der Waals surface area contributed by atoms with Crippen molar-refractivity contribution in [2.45, 2.75) is 27.2 Å². The molecule has 22 heavy (non-hydrogen) atoms. The first-order chi connectivity index (χ1) is 10.5. The van der Waals surface area contributed by atoms with Gasteiger partial charge in [0.2, 0.25) is 11.9 Å². The van der Waals surface area contributed by atoms with Crippen LogP contribution in [0.25, 0.3) is 11.0 Å². The molecule has 1 aromatic carbocycles. The maximum absolute atomic E-state index is 12.2. The lowest BCUT2D eigenvalue weighted by Crippen LogP contribution is -2.17. The topological polar surface area (TPSA) is 80.9 Å². The first kappa shape index (κ1) is 14.2. The zero-order valence-corrected chi connectivity index (χ0v) is 12.7. The van der Waals surface area contributed by atoms with Gasteiger partial charge < -0.3 is 4.52 Å².